The summed E-state index contributed by atoms with van der Waals surface area (Å²) in [5, 5.41) is 8.00. The molecule has 4 nitrogen and oxygen atoms in total. The normalized spacial score (nSPS) is 10.4. The SMILES string of the molecule is CCCNC(=O)NCCc1ccc2cc(OC)ccc2c1. The van der Waals surface area contributed by atoms with E-state index in [2.05, 4.69) is 34.9 Å². The Hall–Kier alpha value is -2.23. The predicted molar refractivity (Wildman–Crippen MR) is 85.9 cm³/mol. The fourth-order valence-electron chi connectivity index (χ4n) is 2.18. The molecule has 0 aromatic heterocycles. The molecule has 0 spiro atoms. The Balaban J connectivity index is 1.92. The first kappa shape index (κ1) is 15.2. The third kappa shape index (κ3) is 4.38. The number of urea groups is 1. The molecule has 21 heavy (non-hydrogen) atoms. The second-order valence-electron chi connectivity index (χ2n) is 4.98. The van der Waals surface area contributed by atoms with Crippen molar-refractivity contribution in [2.24, 2.45) is 0 Å². The summed E-state index contributed by atoms with van der Waals surface area (Å²) >= 11 is 0. The zero-order valence-electron chi connectivity index (χ0n) is 12.6. The zero-order valence-corrected chi connectivity index (χ0v) is 12.6. The van der Waals surface area contributed by atoms with Gasteiger partial charge < -0.3 is 15.4 Å². The fourth-order valence-corrected chi connectivity index (χ4v) is 2.18. The van der Waals surface area contributed by atoms with Gasteiger partial charge in [-0.1, -0.05) is 31.2 Å². The van der Waals surface area contributed by atoms with E-state index in [0.717, 1.165) is 24.0 Å². The van der Waals surface area contributed by atoms with Crippen LogP contribution in [0.1, 0.15) is 18.9 Å². The van der Waals surface area contributed by atoms with Gasteiger partial charge in [-0.25, -0.2) is 4.79 Å². The molecule has 2 aromatic rings. The third-order valence-electron chi connectivity index (χ3n) is 3.35. The lowest BCUT2D eigenvalue weighted by atomic mass is 10.0. The van der Waals surface area contributed by atoms with Crippen LogP contribution in [-0.2, 0) is 6.42 Å². The van der Waals surface area contributed by atoms with Crippen molar-refractivity contribution in [3.63, 3.8) is 0 Å². The van der Waals surface area contributed by atoms with Crippen LogP contribution < -0.4 is 15.4 Å². The molecule has 2 N–H and O–H groups in total. The van der Waals surface area contributed by atoms with Gasteiger partial charge in [-0.2, -0.15) is 0 Å². The number of carbonyl (C=O) groups is 1. The number of hydrogen-bond donors (Lipinski definition) is 2. The number of fused-ring (bicyclic) bond motifs is 1. The number of nitrogens with one attached hydrogen (secondary N) is 2. The maximum atomic E-state index is 11.4. The van der Waals surface area contributed by atoms with Gasteiger partial charge in [-0.15, -0.1) is 0 Å². The number of methoxy groups -OCH3 is 1. The van der Waals surface area contributed by atoms with E-state index in [1.54, 1.807) is 7.11 Å². The molecule has 0 bridgehead atoms. The van der Waals surface area contributed by atoms with E-state index in [4.69, 9.17) is 4.74 Å². The standard InChI is InChI=1S/C17H22N2O2/c1-3-9-18-17(20)19-10-8-13-4-5-15-12-16(21-2)7-6-14(15)11-13/h4-7,11-12H,3,8-10H2,1-2H3,(H2,18,19,20). The molecule has 0 heterocycles. The van der Waals surface area contributed by atoms with Crippen molar-refractivity contribution in [1.82, 2.24) is 10.6 Å². The van der Waals surface area contributed by atoms with E-state index in [9.17, 15) is 4.79 Å². The van der Waals surface area contributed by atoms with Gasteiger partial charge in [0.25, 0.3) is 0 Å². The Labute approximate surface area is 125 Å². The van der Waals surface area contributed by atoms with Gasteiger partial charge in [0.2, 0.25) is 0 Å². The molecule has 2 amide bonds. The Morgan fingerprint density at radius 2 is 1.76 bits per heavy atom. The topological polar surface area (TPSA) is 50.4 Å². The third-order valence-corrected chi connectivity index (χ3v) is 3.35. The van der Waals surface area contributed by atoms with Crippen LogP contribution in [0.15, 0.2) is 36.4 Å². The maximum absolute atomic E-state index is 11.4. The highest BCUT2D eigenvalue weighted by Gasteiger charge is 2.01. The van der Waals surface area contributed by atoms with E-state index in [-0.39, 0.29) is 6.03 Å². The highest BCUT2D eigenvalue weighted by Crippen LogP contribution is 2.21. The van der Waals surface area contributed by atoms with Gasteiger partial charge in [0.05, 0.1) is 7.11 Å². The summed E-state index contributed by atoms with van der Waals surface area (Å²) in [5.74, 6) is 0.865. The molecule has 0 fully saturated rings. The van der Waals surface area contributed by atoms with E-state index in [0.29, 0.717) is 13.1 Å². The minimum absolute atomic E-state index is 0.0950. The quantitative estimate of drug-likeness (QED) is 0.857. The predicted octanol–water partition coefficient (Wildman–Crippen LogP) is 3.10. The Bertz CT molecular complexity index is 611. The number of rotatable bonds is 6. The summed E-state index contributed by atoms with van der Waals surface area (Å²) in [6.45, 7) is 3.38. The molecule has 2 aromatic carbocycles. The first-order valence-electron chi connectivity index (χ1n) is 7.31. The number of carbonyl (C=O) groups excluding carboxylic acids is 1. The minimum Gasteiger partial charge on any atom is -0.497 e. The van der Waals surface area contributed by atoms with E-state index >= 15 is 0 Å². The molecule has 0 atom stereocenters. The summed E-state index contributed by atoms with van der Waals surface area (Å²) in [6.07, 6.45) is 1.77. The van der Waals surface area contributed by atoms with Crippen molar-refractivity contribution >= 4 is 16.8 Å². The second kappa shape index (κ2) is 7.53. The van der Waals surface area contributed by atoms with Crippen LogP contribution in [-0.4, -0.2) is 26.2 Å². The molecular weight excluding hydrogens is 264 g/mol. The number of amides is 2. The molecule has 0 saturated carbocycles. The van der Waals surface area contributed by atoms with Crippen LogP contribution in [0.2, 0.25) is 0 Å². The molecule has 0 radical (unpaired) electrons. The largest absolute Gasteiger partial charge is 0.497 e. The number of hydrogen-bond acceptors (Lipinski definition) is 2. The van der Waals surface area contributed by atoms with Crippen LogP contribution in [0, 0.1) is 0 Å². The summed E-state index contributed by atoms with van der Waals surface area (Å²) in [5.41, 5.74) is 1.21. The van der Waals surface area contributed by atoms with E-state index in [1.165, 1.54) is 10.9 Å². The van der Waals surface area contributed by atoms with Crippen molar-refractivity contribution in [3.05, 3.63) is 42.0 Å². The Kier molecular flexibility index (Phi) is 5.43. The summed E-state index contributed by atoms with van der Waals surface area (Å²) in [6, 6.07) is 12.3. The Morgan fingerprint density at radius 3 is 2.52 bits per heavy atom. The molecule has 0 aliphatic carbocycles. The molecule has 0 aliphatic heterocycles. The Morgan fingerprint density at radius 1 is 1.05 bits per heavy atom. The number of benzene rings is 2. The van der Waals surface area contributed by atoms with E-state index in [1.807, 2.05) is 19.1 Å². The van der Waals surface area contributed by atoms with Crippen LogP contribution in [0.5, 0.6) is 5.75 Å². The highest BCUT2D eigenvalue weighted by atomic mass is 16.5. The molecular formula is C17H22N2O2. The van der Waals surface area contributed by atoms with Gasteiger partial charge in [-0.3, -0.25) is 0 Å². The maximum Gasteiger partial charge on any atom is 0.314 e. The number of ether oxygens (including phenoxy) is 1. The monoisotopic (exact) mass is 286 g/mol. The lowest BCUT2D eigenvalue weighted by Gasteiger charge is -2.08. The first-order chi connectivity index (χ1) is 10.2. The van der Waals surface area contributed by atoms with Gasteiger partial charge >= 0.3 is 6.03 Å². The average Bonchev–Trinajstić information content (AvgIpc) is 2.52. The van der Waals surface area contributed by atoms with Gasteiger partial charge in [0, 0.05) is 13.1 Å². The minimum atomic E-state index is -0.0950. The fraction of sp³-hybridized carbons (Fsp3) is 0.353. The van der Waals surface area contributed by atoms with Gasteiger partial charge in [0.1, 0.15) is 5.75 Å². The smallest absolute Gasteiger partial charge is 0.314 e. The molecule has 2 rings (SSSR count). The van der Waals surface area contributed by atoms with E-state index < -0.39 is 0 Å². The first-order valence-corrected chi connectivity index (χ1v) is 7.31. The summed E-state index contributed by atoms with van der Waals surface area (Å²) in [4.78, 5) is 11.4. The van der Waals surface area contributed by atoms with Crippen LogP contribution >= 0.6 is 0 Å². The summed E-state index contributed by atoms with van der Waals surface area (Å²) < 4.78 is 5.22. The molecule has 0 aliphatic rings. The summed E-state index contributed by atoms with van der Waals surface area (Å²) in [7, 11) is 1.67. The van der Waals surface area contributed by atoms with Crippen molar-refractivity contribution in [2.75, 3.05) is 20.2 Å². The van der Waals surface area contributed by atoms with Gasteiger partial charge in [0.15, 0.2) is 0 Å². The molecule has 4 heteroatoms. The van der Waals surface area contributed by atoms with Crippen molar-refractivity contribution < 1.29 is 9.53 Å². The van der Waals surface area contributed by atoms with Gasteiger partial charge in [-0.05, 0) is 41.3 Å². The lowest BCUT2D eigenvalue weighted by molar-refractivity contribution is 0.241. The molecule has 0 unspecified atom stereocenters. The second-order valence-corrected chi connectivity index (χ2v) is 4.98. The van der Waals surface area contributed by atoms with Crippen molar-refractivity contribution in [3.8, 4) is 5.75 Å². The average molecular weight is 286 g/mol. The lowest BCUT2D eigenvalue weighted by Crippen LogP contribution is -2.36. The molecule has 0 saturated heterocycles. The zero-order chi connectivity index (χ0) is 15.1. The molecule has 112 valence electrons. The van der Waals surface area contributed by atoms with Crippen LogP contribution in [0.25, 0.3) is 10.8 Å². The van der Waals surface area contributed by atoms with Crippen molar-refractivity contribution in [1.29, 1.82) is 0 Å². The van der Waals surface area contributed by atoms with Crippen LogP contribution in [0.3, 0.4) is 0 Å². The highest BCUT2D eigenvalue weighted by molar-refractivity contribution is 5.84. The van der Waals surface area contributed by atoms with Crippen LogP contribution in [0.4, 0.5) is 4.79 Å². The van der Waals surface area contributed by atoms with Crippen molar-refractivity contribution in [2.45, 2.75) is 19.8 Å².